The van der Waals surface area contributed by atoms with Gasteiger partial charge in [-0.2, -0.15) is 0 Å². The van der Waals surface area contributed by atoms with Crippen LogP contribution in [0.25, 0.3) is 0 Å². The molecular formula is C26H24N4O2S. The van der Waals surface area contributed by atoms with Crippen LogP contribution in [0.4, 0.5) is 27.8 Å². The number of rotatable bonds is 7. The fourth-order valence-corrected chi connectivity index (χ4v) is 4.44. The first-order valence-corrected chi connectivity index (χ1v) is 11.2. The first-order chi connectivity index (χ1) is 15.9. The van der Waals surface area contributed by atoms with Crippen molar-refractivity contribution in [3.05, 3.63) is 101 Å². The van der Waals surface area contributed by atoms with E-state index in [2.05, 4.69) is 10.6 Å². The van der Waals surface area contributed by atoms with E-state index < -0.39 is 0 Å². The highest BCUT2D eigenvalue weighted by Gasteiger charge is 2.26. The van der Waals surface area contributed by atoms with Gasteiger partial charge in [-0.3, -0.25) is 9.59 Å². The molecule has 0 saturated carbocycles. The van der Waals surface area contributed by atoms with Gasteiger partial charge in [0.25, 0.3) is 5.91 Å². The molecule has 4 rings (SSSR count). The van der Waals surface area contributed by atoms with E-state index in [9.17, 15) is 9.59 Å². The average molecular weight is 457 g/mol. The van der Waals surface area contributed by atoms with Crippen molar-refractivity contribution < 1.29 is 9.59 Å². The molecule has 0 spiro atoms. The number of hydrogen-bond donors (Lipinski definition) is 3. The molecule has 4 N–H and O–H groups in total. The SMILES string of the molecule is CN(C)c1ccc(NC(=O)c2c(Nc3ccccc3)sc(C(=O)c3ccccc3)c2N)cc1. The van der Waals surface area contributed by atoms with Gasteiger partial charge in [0.1, 0.15) is 9.88 Å². The Hall–Kier alpha value is -4.10. The van der Waals surface area contributed by atoms with E-state index in [1.807, 2.05) is 79.7 Å². The lowest BCUT2D eigenvalue weighted by molar-refractivity contribution is 0.102. The van der Waals surface area contributed by atoms with Gasteiger partial charge >= 0.3 is 0 Å². The van der Waals surface area contributed by atoms with Gasteiger partial charge in [-0.25, -0.2) is 0 Å². The molecule has 1 amide bonds. The number of ketones is 1. The van der Waals surface area contributed by atoms with E-state index in [0.29, 0.717) is 21.1 Å². The van der Waals surface area contributed by atoms with Crippen molar-refractivity contribution in [2.45, 2.75) is 0 Å². The monoisotopic (exact) mass is 456 g/mol. The molecule has 0 fully saturated rings. The Morgan fingerprint density at radius 1 is 0.818 bits per heavy atom. The lowest BCUT2D eigenvalue weighted by Crippen LogP contribution is -2.15. The van der Waals surface area contributed by atoms with E-state index in [0.717, 1.165) is 11.4 Å². The van der Waals surface area contributed by atoms with Crippen LogP contribution in [0.3, 0.4) is 0 Å². The van der Waals surface area contributed by atoms with E-state index >= 15 is 0 Å². The normalized spacial score (nSPS) is 10.5. The van der Waals surface area contributed by atoms with Crippen LogP contribution >= 0.6 is 11.3 Å². The molecule has 1 heterocycles. The molecule has 0 aliphatic rings. The third kappa shape index (κ3) is 4.88. The quantitative estimate of drug-likeness (QED) is 0.314. The third-order valence-corrected chi connectivity index (χ3v) is 6.21. The van der Waals surface area contributed by atoms with Crippen molar-refractivity contribution in [3.8, 4) is 0 Å². The highest BCUT2D eigenvalue weighted by atomic mass is 32.1. The van der Waals surface area contributed by atoms with Crippen LogP contribution in [0, 0.1) is 0 Å². The van der Waals surface area contributed by atoms with Crippen LogP contribution in [-0.2, 0) is 0 Å². The second-order valence-corrected chi connectivity index (χ2v) is 8.65. The predicted octanol–water partition coefficient (Wildman–Crippen LogP) is 5.62. The Morgan fingerprint density at radius 3 is 2.03 bits per heavy atom. The topological polar surface area (TPSA) is 87.5 Å². The molecule has 0 saturated heterocycles. The number of thiophene rings is 1. The predicted molar refractivity (Wildman–Crippen MR) is 137 cm³/mol. The summed E-state index contributed by atoms with van der Waals surface area (Å²) in [6.45, 7) is 0. The number of carbonyl (C=O) groups is 2. The lowest BCUT2D eigenvalue weighted by atomic mass is 10.1. The van der Waals surface area contributed by atoms with Gasteiger partial charge in [0.2, 0.25) is 5.78 Å². The summed E-state index contributed by atoms with van der Waals surface area (Å²) < 4.78 is 0. The molecule has 33 heavy (non-hydrogen) atoms. The summed E-state index contributed by atoms with van der Waals surface area (Å²) in [6, 6.07) is 25.9. The summed E-state index contributed by atoms with van der Waals surface area (Å²) in [6.07, 6.45) is 0. The zero-order chi connectivity index (χ0) is 23.4. The van der Waals surface area contributed by atoms with Crippen molar-refractivity contribution in [2.75, 3.05) is 35.4 Å². The largest absolute Gasteiger partial charge is 0.397 e. The zero-order valence-corrected chi connectivity index (χ0v) is 19.1. The molecule has 6 nitrogen and oxygen atoms in total. The Balaban J connectivity index is 1.70. The number of para-hydroxylation sites is 1. The summed E-state index contributed by atoms with van der Waals surface area (Å²) in [5.41, 5.74) is 9.77. The highest BCUT2D eigenvalue weighted by Crippen LogP contribution is 2.39. The van der Waals surface area contributed by atoms with E-state index in [1.165, 1.54) is 11.3 Å². The highest BCUT2D eigenvalue weighted by molar-refractivity contribution is 7.19. The number of anilines is 5. The number of nitrogens with zero attached hydrogens (tertiary/aromatic N) is 1. The lowest BCUT2D eigenvalue weighted by Gasteiger charge is -2.13. The minimum atomic E-state index is -0.383. The number of hydrogen-bond acceptors (Lipinski definition) is 6. The maximum Gasteiger partial charge on any atom is 0.260 e. The van der Waals surface area contributed by atoms with Gasteiger partial charge in [0, 0.05) is 36.7 Å². The first-order valence-electron chi connectivity index (χ1n) is 10.4. The van der Waals surface area contributed by atoms with Crippen molar-refractivity contribution in [1.82, 2.24) is 0 Å². The molecule has 0 atom stereocenters. The molecule has 3 aromatic carbocycles. The second kappa shape index (κ2) is 9.58. The average Bonchev–Trinajstić information content (AvgIpc) is 3.15. The second-order valence-electron chi connectivity index (χ2n) is 7.63. The van der Waals surface area contributed by atoms with E-state index in [4.69, 9.17) is 5.73 Å². The van der Waals surface area contributed by atoms with Crippen LogP contribution in [0.2, 0.25) is 0 Å². The molecule has 0 bridgehead atoms. The minimum absolute atomic E-state index is 0.162. The fraction of sp³-hybridized carbons (Fsp3) is 0.0769. The van der Waals surface area contributed by atoms with Crippen molar-refractivity contribution in [1.29, 1.82) is 0 Å². The van der Waals surface area contributed by atoms with Crippen molar-refractivity contribution in [3.63, 3.8) is 0 Å². The molecule has 166 valence electrons. The summed E-state index contributed by atoms with van der Waals surface area (Å²) in [5.74, 6) is -0.601. The van der Waals surface area contributed by atoms with Crippen LogP contribution in [0.1, 0.15) is 25.6 Å². The molecule has 4 aromatic rings. The third-order valence-electron chi connectivity index (χ3n) is 5.09. The maximum absolute atomic E-state index is 13.3. The zero-order valence-electron chi connectivity index (χ0n) is 18.3. The fourth-order valence-electron chi connectivity index (χ4n) is 3.34. The number of amides is 1. The standard InChI is InChI=1S/C26H24N4O2S/c1-30(2)20-15-13-19(14-16-20)28-25(32)21-22(27)24(23(31)17-9-5-3-6-10-17)33-26(21)29-18-11-7-4-8-12-18/h3-16,29H,27H2,1-2H3,(H,28,32). The molecule has 1 aromatic heterocycles. The minimum Gasteiger partial charge on any atom is -0.397 e. The molecule has 7 heteroatoms. The van der Waals surface area contributed by atoms with Gasteiger partial charge in [-0.05, 0) is 36.4 Å². The van der Waals surface area contributed by atoms with E-state index in [-0.39, 0.29) is 22.9 Å². The molecule has 0 unspecified atom stereocenters. The van der Waals surface area contributed by atoms with E-state index in [1.54, 1.807) is 24.3 Å². The van der Waals surface area contributed by atoms with Crippen molar-refractivity contribution in [2.24, 2.45) is 0 Å². The molecule has 0 radical (unpaired) electrons. The van der Waals surface area contributed by atoms with Gasteiger partial charge < -0.3 is 21.3 Å². The summed E-state index contributed by atoms with van der Waals surface area (Å²) >= 11 is 1.18. The molecule has 0 aliphatic carbocycles. The van der Waals surface area contributed by atoms with Crippen molar-refractivity contribution >= 4 is 50.8 Å². The Labute approximate surface area is 196 Å². The first kappa shape index (κ1) is 22.1. The van der Waals surface area contributed by atoms with Gasteiger partial charge in [-0.1, -0.05) is 48.5 Å². The summed E-state index contributed by atoms with van der Waals surface area (Å²) in [4.78, 5) is 28.7. The van der Waals surface area contributed by atoms with Crippen LogP contribution < -0.4 is 21.3 Å². The maximum atomic E-state index is 13.3. The number of nitrogens with two attached hydrogens (primary N) is 1. The number of carbonyl (C=O) groups excluding carboxylic acids is 2. The Kier molecular flexibility index (Phi) is 6.42. The number of nitrogen functional groups attached to an aromatic ring is 1. The van der Waals surface area contributed by atoms with Crippen LogP contribution in [0.5, 0.6) is 0 Å². The Bertz CT molecular complexity index is 1270. The Morgan fingerprint density at radius 2 is 1.42 bits per heavy atom. The van der Waals surface area contributed by atoms with Gasteiger partial charge in [0.15, 0.2) is 0 Å². The number of benzene rings is 3. The smallest absolute Gasteiger partial charge is 0.260 e. The van der Waals surface area contributed by atoms with Gasteiger partial charge in [-0.15, -0.1) is 11.3 Å². The van der Waals surface area contributed by atoms with Crippen LogP contribution in [-0.4, -0.2) is 25.8 Å². The summed E-state index contributed by atoms with van der Waals surface area (Å²) in [5, 5.41) is 6.67. The number of nitrogens with one attached hydrogen (secondary N) is 2. The summed E-state index contributed by atoms with van der Waals surface area (Å²) in [7, 11) is 3.90. The molecule has 0 aliphatic heterocycles. The van der Waals surface area contributed by atoms with Crippen LogP contribution in [0.15, 0.2) is 84.9 Å². The molecular weight excluding hydrogens is 432 g/mol. The van der Waals surface area contributed by atoms with Gasteiger partial charge in [0.05, 0.1) is 11.3 Å².